The minimum atomic E-state index is 0.687. The molecule has 0 amide bonds. The summed E-state index contributed by atoms with van der Waals surface area (Å²) in [4.78, 5) is 2.47. The Bertz CT molecular complexity index is 280. The van der Waals surface area contributed by atoms with Crippen LogP contribution in [0.4, 0.5) is 5.69 Å². The number of anilines is 1. The van der Waals surface area contributed by atoms with Gasteiger partial charge in [-0.25, -0.2) is 0 Å². The zero-order chi connectivity index (χ0) is 10.6. The van der Waals surface area contributed by atoms with Crippen LogP contribution in [0.15, 0.2) is 24.3 Å². The molecule has 2 rings (SSSR count). The molecule has 0 saturated carbocycles. The Hall–Kier alpha value is -0.980. The SMILES string of the molecule is CC.CCN1c2ccccc2CC1C. The molecule has 1 aromatic rings. The minimum Gasteiger partial charge on any atom is -0.369 e. The van der Waals surface area contributed by atoms with E-state index in [1.165, 1.54) is 17.7 Å². The summed E-state index contributed by atoms with van der Waals surface area (Å²) in [5, 5.41) is 0. The molecule has 14 heavy (non-hydrogen) atoms. The zero-order valence-electron chi connectivity index (χ0n) is 9.75. The number of rotatable bonds is 1. The van der Waals surface area contributed by atoms with Crippen LogP contribution in [0.2, 0.25) is 0 Å². The number of nitrogens with zero attached hydrogens (tertiary/aromatic N) is 1. The van der Waals surface area contributed by atoms with Crippen LogP contribution in [0, 0.1) is 0 Å². The Labute approximate surface area is 87.7 Å². The van der Waals surface area contributed by atoms with Crippen molar-refractivity contribution in [1.82, 2.24) is 0 Å². The molecule has 1 heterocycles. The van der Waals surface area contributed by atoms with E-state index in [0.717, 1.165) is 6.54 Å². The molecule has 0 bridgehead atoms. The molecule has 1 atom stereocenters. The van der Waals surface area contributed by atoms with Gasteiger partial charge in [0, 0.05) is 18.3 Å². The Morgan fingerprint density at radius 1 is 1.29 bits per heavy atom. The predicted molar refractivity (Wildman–Crippen MR) is 64.0 cm³/mol. The van der Waals surface area contributed by atoms with Gasteiger partial charge in [0.2, 0.25) is 0 Å². The number of hydrogen-bond acceptors (Lipinski definition) is 1. The second-order valence-electron chi connectivity index (χ2n) is 3.47. The predicted octanol–water partition coefficient (Wildman–Crippen LogP) is 3.48. The molecule has 1 aliphatic rings. The lowest BCUT2D eigenvalue weighted by molar-refractivity contribution is 0.690. The van der Waals surface area contributed by atoms with Crippen LogP contribution in [0.5, 0.6) is 0 Å². The Balaban J connectivity index is 0.000000461. The van der Waals surface area contributed by atoms with Crippen molar-refractivity contribution < 1.29 is 0 Å². The molecule has 1 unspecified atom stereocenters. The maximum Gasteiger partial charge on any atom is 0.0401 e. The molecule has 0 aliphatic carbocycles. The summed E-state index contributed by atoms with van der Waals surface area (Å²) in [5.41, 5.74) is 2.94. The second kappa shape index (κ2) is 5.04. The van der Waals surface area contributed by atoms with Gasteiger partial charge < -0.3 is 4.90 Å². The number of para-hydroxylation sites is 1. The summed E-state index contributed by atoms with van der Waals surface area (Å²) >= 11 is 0. The lowest BCUT2D eigenvalue weighted by Crippen LogP contribution is -2.28. The van der Waals surface area contributed by atoms with E-state index in [4.69, 9.17) is 0 Å². The van der Waals surface area contributed by atoms with Crippen molar-refractivity contribution >= 4 is 5.69 Å². The highest BCUT2D eigenvalue weighted by molar-refractivity contribution is 5.58. The minimum absolute atomic E-state index is 0.687. The van der Waals surface area contributed by atoms with Crippen LogP contribution in [0.1, 0.15) is 33.3 Å². The number of likely N-dealkylation sites (N-methyl/N-ethyl adjacent to an activating group) is 1. The molecule has 1 aromatic carbocycles. The van der Waals surface area contributed by atoms with Crippen LogP contribution < -0.4 is 4.90 Å². The van der Waals surface area contributed by atoms with E-state index >= 15 is 0 Å². The number of hydrogen-bond donors (Lipinski definition) is 0. The summed E-state index contributed by atoms with van der Waals surface area (Å²) in [6.45, 7) is 9.64. The second-order valence-corrected chi connectivity index (χ2v) is 3.47. The molecule has 0 radical (unpaired) electrons. The fourth-order valence-corrected chi connectivity index (χ4v) is 2.11. The molecule has 1 heteroatoms. The van der Waals surface area contributed by atoms with Crippen LogP contribution in [0.3, 0.4) is 0 Å². The Kier molecular flexibility index (Phi) is 3.99. The van der Waals surface area contributed by atoms with Gasteiger partial charge in [0.15, 0.2) is 0 Å². The van der Waals surface area contributed by atoms with Gasteiger partial charge in [0.1, 0.15) is 0 Å². The summed E-state index contributed by atoms with van der Waals surface area (Å²) in [7, 11) is 0. The van der Waals surface area contributed by atoms with Crippen LogP contribution in [-0.4, -0.2) is 12.6 Å². The largest absolute Gasteiger partial charge is 0.369 e. The molecule has 1 aliphatic heterocycles. The first-order valence-corrected chi connectivity index (χ1v) is 5.67. The van der Waals surface area contributed by atoms with Crippen molar-refractivity contribution in [3.63, 3.8) is 0 Å². The van der Waals surface area contributed by atoms with Crippen molar-refractivity contribution in [2.24, 2.45) is 0 Å². The van der Waals surface area contributed by atoms with Gasteiger partial charge in [-0.15, -0.1) is 0 Å². The number of fused-ring (bicyclic) bond motifs is 1. The molecular formula is C13H21N. The van der Waals surface area contributed by atoms with Crippen molar-refractivity contribution in [3.8, 4) is 0 Å². The summed E-state index contributed by atoms with van der Waals surface area (Å²) < 4.78 is 0. The highest BCUT2D eigenvalue weighted by atomic mass is 15.2. The molecule has 1 nitrogen and oxygen atoms in total. The topological polar surface area (TPSA) is 3.24 Å². The van der Waals surface area contributed by atoms with Crippen molar-refractivity contribution in [2.45, 2.75) is 40.2 Å². The maximum absolute atomic E-state index is 2.47. The highest BCUT2D eigenvalue weighted by Gasteiger charge is 2.23. The maximum atomic E-state index is 2.47. The van der Waals surface area contributed by atoms with Crippen molar-refractivity contribution in [2.75, 3.05) is 11.4 Å². The van der Waals surface area contributed by atoms with E-state index in [-0.39, 0.29) is 0 Å². The lowest BCUT2D eigenvalue weighted by Gasteiger charge is -2.22. The summed E-state index contributed by atoms with van der Waals surface area (Å²) in [6, 6.07) is 9.40. The first kappa shape index (κ1) is 11.1. The van der Waals surface area contributed by atoms with Crippen LogP contribution in [0.25, 0.3) is 0 Å². The third-order valence-electron chi connectivity index (χ3n) is 2.69. The van der Waals surface area contributed by atoms with Gasteiger partial charge in [0.05, 0.1) is 0 Å². The van der Waals surface area contributed by atoms with Gasteiger partial charge in [-0.05, 0) is 31.9 Å². The third kappa shape index (κ3) is 1.92. The first-order chi connectivity index (χ1) is 6.83. The normalized spacial score (nSPS) is 18.6. The van der Waals surface area contributed by atoms with Gasteiger partial charge in [-0.1, -0.05) is 32.0 Å². The van der Waals surface area contributed by atoms with Crippen LogP contribution >= 0.6 is 0 Å². The zero-order valence-corrected chi connectivity index (χ0v) is 9.75. The van der Waals surface area contributed by atoms with Crippen molar-refractivity contribution in [1.29, 1.82) is 0 Å². The average Bonchev–Trinajstić information content (AvgIpc) is 2.56. The number of benzene rings is 1. The Morgan fingerprint density at radius 3 is 2.57 bits per heavy atom. The fourth-order valence-electron chi connectivity index (χ4n) is 2.11. The van der Waals surface area contributed by atoms with E-state index in [0.29, 0.717) is 6.04 Å². The van der Waals surface area contributed by atoms with E-state index in [2.05, 4.69) is 43.0 Å². The molecule has 0 N–H and O–H groups in total. The van der Waals surface area contributed by atoms with Gasteiger partial charge in [-0.2, -0.15) is 0 Å². The summed E-state index contributed by atoms with van der Waals surface area (Å²) in [6.07, 6.45) is 1.21. The van der Waals surface area contributed by atoms with Crippen molar-refractivity contribution in [3.05, 3.63) is 29.8 Å². The smallest absolute Gasteiger partial charge is 0.0401 e. The quantitative estimate of drug-likeness (QED) is 0.657. The van der Waals surface area contributed by atoms with E-state index in [1.54, 1.807) is 0 Å². The molecule has 78 valence electrons. The average molecular weight is 191 g/mol. The monoisotopic (exact) mass is 191 g/mol. The highest BCUT2D eigenvalue weighted by Crippen LogP contribution is 2.30. The molecule has 0 aromatic heterocycles. The van der Waals surface area contributed by atoms with E-state index in [9.17, 15) is 0 Å². The van der Waals surface area contributed by atoms with Gasteiger partial charge in [0.25, 0.3) is 0 Å². The third-order valence-corrected chi connectivity index (χ3v) is 2.69. The molecule has 0 saturated heterocycles. The molecular weight excluding hydrogens is 170 g/mol. The van der Waals surface area contributed by atoms with E-state index < -0.39 is 0 Å². The van der Waals surface area contributed by atoms with Crippen LogP contribution in [-0.2, 0) is 6.42 Å². The molecule has 0 spiro atoms. The summed E-state index contributed by atoms with van der Waals surface area (Å²) in [5.74, 6) is 0. The van der Waals surface area contributed by atoms with E-state index in [1.807, 2.05) is 13.8 Å². The van der Waals surface area contributed by atoms with Gasteiger partial charge in [-0.3, -0.25) is 0 Å². The fraction of sp³-hybridized carbons (Fsp3) is 0.538. The lowest BCUT2D eigenvalue weighted by atomic mass is 10.1. The molecule has 0 fully saturated rings. The standard InChI is InChI=1S/C11H15N.C2H6/c1-3-12-9(2)8-10-6-4-5-7-11(10)12;1-2/h4-7,9H,3,8H2,1-2H3;1-2H3. The Morgan fingerprint density at radius 2 is 1.93 bits per heavy atom. The first-order valence-electron chi connectivity index (χ1n) is 5.67. The van der Waals surface area contributed by atoms with Gasteiger partial charge >= 0.3 is 0 Å².